The summed E-state index contributed by atoms with van der Waals surface area (Å²) in [6.07, 6.45) is -9.04. The SMILES string of the molecule is Cc1nc(C(F)(F)F)ccc1C(=O)N1CCN(c2cccc(C(F)(F)F)c2)CC1. The number of hydrogen-bond donors (Lipinski definition) is 0. The third-order valence-electron chi connectivity index (χ3n) is 4.71. The fraction of sp³-hybridized carbons (Fsp3) is 0.368. The van der Waals surface area contributed by atoms with Crippen LogP contribution < -0.4 is 4.90 Å². The molecule has 1 fully saturated rings. The molecule has 0 radical (unpaired) electrons. The van der Waals surface area contributed by atoms with E-state index in [0.717, 1.165) is 24.3 Å². The van der Waals surface area contributed by atoms with Gasteiger partial charge in [0.1, 0.15) is 5.69 Å². The molecule has 1 amide bonds. The number of aromatic nitrogens is 1. The Labute approximate surface area is 162 Å². The Bertz CT molecular complexity index is 902. The molecular formula is C19H17F6N3O. The molecule has 1 aromatic carbocycles. The predicted octanol–water partition coefficient (Wildman–Crippen LogP) is 4.39. The molecule has 0 spiro atoms. The molecule has 29 heavy (non-hydrogen) atoms. The Morgan fingerprint density at radius 2 is 1.59 bits per heavy atom. The van der Waals surface area contributed by atoms with Gasteiger partial charge in [0.15, 0.2) is 0 Å². The first kappa shape index (κ1) is 20.9. The molecule has 4 nitrogen and oxygen atoms in total. The second-order valence-corrected chi connectivity index (χ2v) is 6.65. The van der Waals surface area contributed by atoms with Crippen molar-refractivity contribution in [2.45, 2.75) is 19.3 Å². The summed E-state index contributed by atoms with van der Waals surface area (Å²) in [6.45, 7) is 2.41. The van der Waals surface area contributed by atoms with Crippen LogP contribution in [-0.2, 0) is 12.4 Å². The molecule has 0 aliphatic carbocycles. The molecule has 0 atom stereocenters. The third kappa shape index (κ3) is 4.63. The Morgan fingerprint density at radius 1 is 0.931 bits per heavy atom. The molecule has 3 rings (SSSR count). The quantitative estimate of drug-likeness (QED) is 0.681. The molecule has 0 saturated carbocycles. The first-order chi connectivity index (χ1) is 13.5. The van der Waals surface area contributed by atoms with Gasteiger partial charge in [-0.3, -0.25) is 4.79 Å². The highest BCUT2D eigenvalue weighted by atomic mass is 19.4. The van der Waals surface area contributed by atoms with E-state index in [0.29, 0.717) is 18.8 Å². The summed E-state index contributed by atoms with van der Waals surface area (Å²) in [4.78, 5) is 19.3. The van der Waals surface area contributed by atoms with E-state index in [1.807, 2.05) is 0 Å². The second-order valence-electron chi connectivity index (χ2n) is 6.65. The molecule has 0 N–H and O–H groups in total. The molecule has 1 aliphatic heterocycles. The normalized spacial score (nSPS) is 15.6. The number of carbonyl (C=O) groups is 1. The number of nitrogens with zero attached hydrogens (tertiary/aromatic N) is 3. The van der Waals surface area contributed by atoms with Gasteiger partial charge in [0.25, 0.3) is 5.91 Å². The van der Waals surface area contributed by atoms with E-state index in [2.05, 4.69) is 4.98 Å². The highest BCUT2D eigenvalue weighted by molar-refractivity contribution is 5.95. The van der Waals surface area contributed by atoms with Crippen molar-refractivity contribution in [1.29, 1.82) is 0 Å². The van der Waals surface area contributed by atoms with Crippen LogP contribution in [0.1, 0.15) is 27.3 Å². The van der Waals surface area contributed by atoms with Crippen molar-refractivity contribution in [2.75, 3.05) is 31.1 Å². The second kappa shape index (κ2) is 7.57. The summed E-state index contributed by atoms with van der Waals surface area (Å²) in [7, 11) is 0. The lowest BCUT2D eigenvalue weighted by atomic mass is 10.1. The fourth-order valence-electron chi connectivity index (χ4n) is 3.16. The van der Waals surface area contributed by atoms with Gasteiger partial charge in [-0.1, -0.05) is 6.07 Å². The average molecular weight is 417 g/mol. The van der Waals surface area contributed by atoms with Crippen molar-refractivity contribution in [1.82, 2.24) is 9.88 Å². The number of amides is 1. The lowest BCUT2D eigenvalue weighted by Gasteiger charge is -2.36. The average Bonchev–Trinajstić information content (AvgIpc) is 2.66. The van der Waals surface area contributed by atoms with E-state index in [1.54, 1.807) is 11.0 Å². The van der Waals surface area contributed by atoms with Crippen LogP contribution in [0.25, 0.3) is 0 Å². The number of benzene rings is 1. The highest BCUT2D eigenvalue weighted by Crippen LogP contribution is 2.32. The van der Waals surface area contributed by atoms with E-state index >= 15 is 0 Å². The number of rotatable bonds is 2. The molecule has 0 bridgehead atoms. The van der Waals surface area contributed by atoms with Crippen LogP contribution in [0.3, 0.4) is 0 Å². The van der Waals surface area contributed by atoms with Crippen LogP contribution in [0.15, 0.2) is 36.4 Å². The monoisotopic (exact) mass is 417 g/mol. The number of pyridine rings is 1. The Morgan fingerprint density at radius 3 is 2.14 bits per heavy atom. The van der Waals surface area contributed by atoms with E-state index < -0.39 is 29.5 Å². The zero-order chi connectivity index (χ0) is 21.4. The van der Waals surface area contributed by atoms with Crippen molar-refractivity contribution in [3.63, 3.8) is 0 Å². The molecule has 1 aromatic heterocycles. The van der Waals surface area contributed by atoms with Gasteiger partial charge in [-0.25, -0.2) is 4.98 Å². The van der Waals surface area contributed by atoms with Crippen LogP contribution in [0.4, 0.5) is 32.0 Å². The number of anilines is 1. The highest BCUT2D eigenvalue weighted by Gasteiger charge is 2.34. The van der Waals surface area contributed by atoms with E-state index in [9.17, 15) is 31.1 Å². The molecule has 0 unspecified atom stereocenters. The van der Waals surface area contributed by atoms with Crippen molar-refractivity contribution in [3.8, 4) is 0 Å². The smallest absolute Gasteiger partial charge is 0.368 e. The molecule has 2 heterocycles. The van der Waals surface area contributed by atoms with Crippen LogP contribution in [0.2, 0.25) is 0 Å². The van der Waals surface area contributed by atoms with Crippen LogP contribution in [-0.4, -0.2) is 42.0 Å². The number of hydrogen-bond acceptors (Lipinski definition) is 3. The Balaban J connectivity index is 1.69. The van der Waals surface area contributed by atoms with Gasteiger partial charge in [-0.15, -0.1) is 0 Å². The van der Waals surface area contributed by atoms with E-state index in [4.69, 9.17) is 0 Å². The molecule has 156 valence electrons. The van der Waals surface area contributed by atoms with Crippen LogP contribution >= 0.6 is 0 Å². The number of piperazine rings is 1. The lowest BCUT2D eigenvalue weighted by Crippen LogP contribution is -2.49. The van der Waals surface area contributed by atoms with E-state index in [1.165, 1.54) is 17.9 Å². The zero-order valence-electron chi connectivity index (χ0n) is 15.3. The van der Waals surface area contributed by atoms with Gasteiger partial charge in [-0.05, 0) is 37.3 Å². The maximum absolute atomic E-state index is 12.9. The van der Waals surface area contributed by atoms with Gasteiger partial charge in [0.2, 0.25) is 0 Å². The summed E-state index contributed by atoms with van der Waals surface area (Å²) in [5.74, 6) is -0.451. The molecule has 1 aliphatic rings. The summed E-state index contributed by atoms with van der Waals surface area (Å²) in [5, 5.41) is 0. The molecule has 1 saturated heterocycles. The predicted molar refractivity (Wildman–Crippen MR) is 93.5 cm³/mol. The van der Waals surface area contributed by atoms with Crippen molar-refractivity contribution in [3.05, 3.63) is 58.9 Å². The summed E-state index contributed by atoms with van der Waals surface area (Å²) >= 11 is 0. The summed E-state index contributed by atoms with van der Waals surface area (Å²) in [6, 6.07) is 6.81. The topological polar surface area (TPSA) is 36.4 Å². The Kier molecular flexibility index (Phi) is 5.46. The number of halogens is 6. The van der Waals surface area contributed by atoms with Crippen molar-refractivity contribution in [2.24, 2.45) is 0 Å². The minimum absolute atomic E-state index is 0.0230. The molecular weight excluding hydrogens is 400 g/mol. The largest absolute Gasteiger partial charge is 0.433 e. The standard InChI is InChI=1S/C19H17F6N3O/c1-12-15(5-6-16(26-12)19(23,24)25)17(29)28-9-7-27(8-10-28)14-4-2-3-13(11-14)18(20,21)22/h2-6,11H,7-10H2,1H3. The van der Waals surface area contributed by atoms with Crippen LogP contribution in [0.5, 0.6) is 0 Å². The van der Waals surface area contributed by atoms with E-state index in [-0.39, 0.29) is 24.3 Å². The molecule has 2 aromatic rings. The number of carbonyl (C=O) groups excluding carboxylic acids is 1. The first-order valence-corrected chi connectivity index (χ1v) is 8.73. The minimum Gasteiger partial charge on any atom is -0.368 e. The maximum atomic E-state index is 12.9. The zero-order valence-corrected chi connectivity index (χ0v) is 15.3. The van der Waals surface area contributed by atoms with Gasteiger partial charge >= 0.3 is 12.4 Å². The first-order valence-electron chi connectivity index (χ1n) is 8.73. The third-order valence-corrected chi connectivity index (χ3v) is 4.71. The van der Waals surface area contributed by atoms with Crippen molar-refractivity contribution >= 4 is 11.6 Å². The Hall–Kier alpha value is -2.78. The molecule has 10 heteroatoms. The van der Waals surface area contributed by atoms with Crippen LogP contribution in [0, 0.1) is 6.92 Å². The number of alkyl halides is 6. The van der Waals surface area contributed by atoms with Gasteiger partial charge in [0.05, 0.1) is 16.8 Å². The van der Waals surface area contributed by atoms with Gasteiger partial charge in [0, 0.05) is 31.9 Å². The van der Waals surface area contributed by atoms with Gasteiger partial charge < -0.3 is 9.80 Å². The fourth-order valence-corrected chi connectivity index (χ4v) is 3.16. The van der Waals surface area contributed by atoms with Gasteiger partial charge in [-0.2, -0.15) is 26.3 Å². The maximum Gasteiger partial charge on any atom is 0.433 e. The number of aryl methyl sites for hydroxylation is 1. The summed E-state index contributed by atoms with van der Waals surface area (Å²) in [5.41, 5.74) is -1.36. The minimum atomic E-state index is -4.59. The lowest BCUT2D eigenvalue weighted by molar-refractivity contribution is -0.141. The summed E-state index contributed by atoms with van der Waals surface area (Å²) < 4.78 is 76.8. The van der Waals surface area contributed by atoms with Crippen molar-refractivity contribution < 1.29 is 31.1 Å².